The average molecular weight is 293 g/mol. The van der Waals surface area contributed by atoms with Gasteiger partial charge in [0, 0.05) is 16.5 Å². The summed E-state index contributed by atoms with van der Waals surface area (Å²) >= 11 is 3.04. The molecule has 5 heteroatoms. The van der Waals surface area contributed by atoms with Crippen LogP contribution in [0.1, 0.15) is 34.3 Å². The third-order valence-corrected chi connectivity index (χ3v) is 3.08. The van der Waals surface area contributed by atoms with E-state index >= 15 is 0 Å². The van der Waals surface area contributed by atoms with Gasteiger partial charge < -0.3 is 0 Å². The van der Waals surface area contributed by atoms with Crippen LogP contribution in [-0.4, -0.2) is 5.78 Å². The molecule has 0 amide bonds. The molecule has 1 aliphatic carbocycles. The maximum atomic E-state index is 12.8. The molecule has 0 heterocycles. The van der Waals surface area contributed by atoms with E-state index in [1.54, 1.807) is 6.07 Å². The van der Waals surface area contributed by atoms with Gasteiger partial charge in [-0.2, -0.15) is 13.2 Å². The molecule has 1 aliphatic rings. The summed E-state index contributed by atoms with van der Waals surface area (Å²) in [5.74, 6) is -0.402. The summed E-state index contributed by atoms with van der Waals surface area (Å²) < 4.78 is 38.6. The number of carbonyl (C=O) groups is 1. The molecule has 0 N–H and O–H groups in total. The molecule has 1 nitrogen and oxygen atoms in total. The van der Waals surface area contributed by atoms with Crippen molar-refractivity contribution in [2.75, 3.05) is 0 Å². The average Bonchev–Trinajstić information content (AvgIpc) is 2.15. The van der Waals surface area contributed by atoms with E-state index in [1.807, 2.05) is 0 Å². The molecule has 2 rings (SSSR count). The zero-order valence-electron chi connectivity index (χ0n) is 8.20. The summed E-state index contributed by atoms with van der Waals surface area (Å²) in [6.45, 7) is 0. The summed E-state index contributed by atoms with van der Waals surface area (Å²) in [4.78, 5) is 11.5. The van der Waals surface area contributed by atoms with Gasteiger partial charge in [0.05, 0.1) is 5.56 Å². The standard InChI is InChI=1S/C11H8BrF3O/c12-7-4-6-2-1-3-9(16)10(6)8(5-7)11(13,14)15/h4-5H,1-3H2. The molecule has 16 heavy (non-hydrogen) atoms. The smallest absolute Gasteiger partial charge is 0.294 e. The molecule has 0 bridgehead atoms. The predicted octanol–water partition coefficient (Wildman–Crippen LogP) is 3.99. The number of rotatable bonds is 0. The van der Waals surface area contributed by atoms with Crippen LogP contribution in [0.25, 0.3) is 0 Å². The van der Waals surface area contributed by atoms with Crippen LogP contribution in [0, 0.1) is 0 Å². The molecular formula is C11H8BrF3O. The highest BCUT2D eigenvalue weighted by atomic mass is 79.9. The second-order valence-electron chi connectivity index (χ2n) is 3.76. The van der Waals surface area contributed by atoms with Crippen LogP contribution in [-0.2, 0) is 12.6 Å². The summed E-state index contributed by atoms with van der Waals surface area (Å²) in [7, 11) is 0. The van der Waals surface area contributed by atoms with Crippen LogP contribution in [0.3, 0.4) is 0 Å². The zero-order chi connectivity index (χ0) is 11.9. The third-order valence-electron chi connectivity index (χ3n) is 2.62. The molecule has 0 saturated heterocycles. The van der Waals surface area contributed by atoms with Gasteiger partial charge in [0.25, 0.3) is 0 Å². The Bertz CT molecular complexity index is 451. The zero-order valence-corrected chi connectivity index (χ0v) is 9.78. The van der Waals surface area contributed by atoms with Gasteiger partial charge in [-0.15, -0.1) is 0 Å². The highest BCUT2D eigenvalue weighted by Crippen LogP contribution is 2.38. The first kappa shape index (κ1) is 11.6. The van der Waals surface area contributed by atoms with E-state index in [9.17, 15) is 18.0 Å². The Balaban J connectivity index is 2.68. The quantitative estimate of drug-likeness (QED) is 0.707. The normalized spacial score (nSPS) is 16.1. The molecule has 0 aliphatic heterocycles. The van der Waals surface area contributed by atoms with E-state index in [0.717, 1.165) is 6.07 Å². The summed E-state index contributed by atoms with van der Waals surface area (Å²) in [5, 5.41) is 0. The van der Waals surface area contributed by atoms with E-state index in [2.05, 4.69) is 15.9 Å². The fourth-order valence-electron chi connectivity index (χ4n) is 1.98. The summed E-state index contributed by atoms with van der Waals surface area (Å²) in [6, 6.07) is 2.57. The summed E-state index contributed by atoms with van der Waals surface area (Å²) in [6.07, 6.45) is -3.11. The minimum atomic E-state index is -4.47. The van der Waals surface area contributed by atoms with Crippen molar-refractivity contribution in [3.63, 3.8) is 0 Å². The maximum absolute atomic E-state index is 12.8. The first-order chi connectivity index (χ1) is 7.39. The number of fused-ring (bicyclic) bond motifs is 1. The first-order valence-corrected chi connectivity index (χ1v) is 5.61. The van der Waals surface area contributed by atoms with Gasteiger partial charge in [0.15, 0.2) is 5.78 Å². The molecule has 0 aromatic heterocycles. The molecule has 86 valence electrons. The van der Waals surface area contributed by atoms with Crippen LogP contribution in [0.5, 0.6) is 0 Å². The molecule has 0 spiro atoms. The number of carbonyl (C=O) groups excluding carboxylic acids is 1. The monoisotopic (exact) mass is 292 g/mol. The van der Waals surface area contributed by atoms with Crippen LogP contribution in [0.2, 0.25) is 0 Å². The lowest BCUT2D eigenvalue weighted by Gasteiger charge is -2.20. The Hall–Kier alpha value is -0.840. The van der Waals surface area contributed by atoms with Gasteiger partial charge in [-0.3, -0.25) is 4.79 Å². The van der Waals surface area contributed by atoms with Crippen molar-refractivity contribution in [1.82, 2.24) is 0 Å². The SMILES string of the molecule is O=C1CCCc2cc(Br)cc(C(F)(F)F)c21. The van der Waals surface area contributed by atoms with Crippen LogP contribution in [0.15, 0.2) is 16.6 Å². The van der Waals surface area contributed by atoms with Crippen molar-refractivity contribution < 1.29 is 18.0 Å². The Kier molecular flexibility index (Phi) is 2.82. The number of hydrogen-bond acceptors (Lipinski definition) is 1. The second-order valence-corrected chi connectivity index (χ2v) is 4.68. The van der Waals surface area contributed by atoms with Crippen molar-refractivity contribution >= 4 is 21.7 Å². The minimum absolute atomic E-state index is 0.137. The van der Waals surface area contributed by atoms with E-state index < -0.39 is 17.5 Å². The Morgan fingerprint density at radius 1 is 1.19 bits per heavy atom. The van der Waals surface area contributed by atoms with E-state index in [0.29, 0.717) is 22.9 Å². The third kappa shape index (κ3) is 2.00. The van der Waals surface area contributed by atoms with Gasteiger partial charge in [-0.1, -0.05) is 15.9 Å². The minimum Gasteiger partial charge on any atom is -0.294 e. The largest absolute Gasteiger partial charge is 0.417 e. The molecule has 1 aromatic rings. The second kappa shape index (κ2) is 3.87. The van der Waals surface area contributed by atoms with Crippen molar-refractivity contribution in [2.24, 2.45) is 0 Å². The number of ketones is 1. The summed E-state index contributed by atoms with van der Waals surface area (Å²) in [5.41, 5.74) is -0.457. The van der Waals surface area contributed by atoms with Gasteiger partial charge in [0.1, 0.15) is 0 Å². The first-order valence-electron chi connectivity index (χ1n) is 4.82. The van der Waals surface area contributed by atoms with E-state index in [4.69, 9.17) is 0 Å². The van der Waals surface area contributed by atoms with Crippen LogP contribution < -0.4 is 0 Å². The molecule has 1 aromatic carbocycles. The number of aryl methyl sites for hydroxylation is 1. The number of alkyl halides is 3. The lowest BCUT2D eigenvalue weighted by Crippen LogP contribution is -2.19. The van der Waals surface area contributed by atoms with Gasteiger partial charge in [-0.05, 0) is 30.5 Å². The van der Waals surface area contributed by atoms with Crippen LogP contribution >= 0.6 is 15.9 Å². The van der Waals surface area contributed by atoms with Crippen molar-refractivity contribution in [1.29, 1.82) is 0 Å². The molecule has 0 fully saturated rings. The number of halogens is 4. The van der Waals surface area contributed by atoms with E-state index in [1.165, 1.54) is 0 Å². The highest BCUT2D eigenvalue weighted by Gasteiger charge is 2.37. The van der Waals surface area contributed by atoms with Gasteiger partial charge in [0.2, 0.25) is 0 Å². The Morgan fingerprint density at radius 2 is 1.88 bits per heavy atom. The van der Waals surface area contributed by atoms with Crippen LogP contribution in [0.4, 0.5) is 13.2 Å². The fourth-order valence-corrected chi connectivity index (χ4v) is 2.48. The number of Topliss-reactive ketones (excluding diaryl/α,β-unsaturated/α-hetero) is 1. The van der Waals surface area contributed by atoms with Crippen molar-refractivity contribution in [2.45, 2.75) is 25.4 Å². The Labute approximate surface area is 98.8 Å². The van der Waals surface area contributed by atoms with Crippen molar-refractivity contribution in [3.05, 3.63) is 33.3 Å². The van der Waals surface area contributed by atoms with Gasteiger partial charge >= 0.3 is 6.18 Å². The lowest BCUT2D eigenvalue weighted by molar-refractivity contribution is -0.138. The van der Waals surface area contributed by atoms with E-state index in [-0.39, 0.29) is 12.0 Å². The highest BCUT2D eigenvalue weighted by molar-refractivity contribution is 9.10. The topological polar surface area (TPSA) is 17.1 Å². The molecule has 0 saturated carbocycles. The van der Waals surface area contributed by atoms with Crippen molar-refractivity contribution in [3.8, 4) is 0 Å². The molecule has 0 radical (unpaired) electrons. The number of hydrogen-bond donors (Lipinski definition) is 0. The molecule has 0 atom stereocenters. The predicted molar refractivity (Wildman–Crippen MR) is 56.4 cm³/mol. The molecule has 0 unspecified atom stereocenters. The van der Waals surface area contributed by atoms with Gasteiger partial charge in [-0.25, -0.2) is 0 Å². The lowest BCUT2D eigenvalue weighted by atomic mass is 9.87. The Morgan fingerprint density at radius 3 is 2.50 bits per heavy atom. The number of benzene rings is 1. The maximum Gasteiger partial charge on any atom is 0.417 e. The fraction of sp³-hybridized carbons (Fsp3) is 0.364. The molecular weight excluding hydrogens is 285 g/mol.